The van der Waals surface area contributed by atoms with Crippen molar-refractivity contribution in [3.8, 4) is 0 Å². The number of benzene rings is 2. The average Bonchev–Trinajstić information content (AvgIpc) is 2.57. The van der Waals surface area contributed by atoms with E-state index in [1.807, 2.05) is 37.3 Å². The van der Waals surface area contributed by atoms with Gasteiger partial charge in [-0.05, 0) is 30.2 Å². The number of nitrogens with one attached hydrogen (secondary N) is 1. The molecule has 0 spiro atoms. The molecule has 5 heteroatoms. The SMILES string of the molecule is CC(C(=O)Nc1cccc2ccccc12)N1CCC(N)C(C)(C)C1.Cl. The molecule has 1 aliphatic heterocycles. The van der Waals surface area contributed by atoms with Gasteiger partial charge in [0.2, 0.25) is 5.91 Å². The topological polar surface area (TPSA) is 58.4 Å². The Morgan fingerprint density at radius 3 is 2.64 bits per heavy atom. The van der Waals surface area contributed by atoms with Crippen LogP contribution in [-0.2, 0) is 4.79 Å². The maximum Gasteiger partial charge on any atom is 0.241 e. The normalized spacial score (nSPS) is 21.4. The monoisotopic (exact) mass is 361 g/mol. The molecular weight excluding hydrogens is 334 g/mol. The van der Waals surface area contributed by atoms with Crippen LogP contribution in [0.1, 0.15) is 27.2 Å². The molecule has 0 saturated carbocycles. The van der Waals surface area contributed by atoms with Crippen molar-refractivity contribution in [2.75, 3.05) is 18.4 Å². The van der Waals surface area contributed by atoms with Crippen molar-refractivity contribution in [3.05, 3.63) is 42.5 Å². The summed E-state index contributed by atoms with van der Waals surface area (Å²) in [6.07, 6.45) is 0.929. The molecule has 3 N–H and O–H groups in total. The van der Waals surface area contributed by atoms with Crippen LogP contribution >= 0.6 is 12.4 Å². The van der Waals surface area contributed by atoms with Gasteiger partial charge in [0.05, 0.1) is 6.04 Å². The first-order valence-electron chi connectivity index (χ1n) is 8.67. The molecule has 1 aliphatic rings. The van der Waals surface area contributed by atoms with Gasteiger partial charge in [0.1, 0.15) is 0 Å². The Hall–Kier alpha value is -1.62. The zero-order valence-corrected chi connectivity index (χ0v) is 16.0. The number of carbonyl (C=O) groups is 1. The van der Waals surface area contributed by atoms with Crippen LogP contribution in [-0.4, -0.2) is 36.0 Å². The highest BCUT2D eigenvalue weighted by molar-refractivity contribution is 6.03. The molecule has 2 atom stereocenters. The van der Waals surface area contributed by atoms with Crippen LogP contribution in [0.5, 0.6) is 0 Å². The molecule has 1 fully saturated rings. The van der Waals surface area contributed by atoms with Gasteiger partial charge in [0, 0.05) is 30.2 Å². The number of nitrogens with zero attached hydrogens (tertiary/aromatic N) is 1. The van der Waals surface area contributed by atoms with Gasteiger partial charge < -0.3 is 11.1 Å². The molecule has 2 aromatic rings. The highest BCUT2D eigenvalue weighted by atomic mass is 35.5. The Kier molecular flexibility index (Phi) is 6.09. The molecule has 3 rings (SSSR count). The number of hydrogen-bond acceptors (Lipinski definition) is 3. The Bertz CT molecular complexity index is 741. The summed E-state index contributed by atoms with van der Waals surface area (Å²) < 4.78 is 0. The lowest BCUT2D eigenvalue weighted by Crippen LogP contribution is -2.56. The minimum atomic E-state index is -0.171. The van der Waals surface area contributed by atoms with E-state index >= 15 is 0 Å². The van der Waals surface area contributed by atoms with Crippen molar-refractivity contribution in [1.82, 2.24) is 4.90 Å². The van der Waals surface area contributed by atoms with Crippen molar-refractivity contribution < 1.29 is 4.79 Å². The maximum atomic E-state index is 12.8. The van der Waals surface area contributed by atoms with Crippen molar-refractivity contribution in [2.45, 2.75) is 39.3 Å². The van der Waals surface area contributed by atoms with E-state index in [1.54, 1.807) is 0 Å². The second kappa shape index (κ2) is 7.73. The van der Waals surface area contributed by atoms with Gasteiger partial charge in [-0.2, -0.15) is 0 Å². The summed E-state index contributed by atoms with van der Waals surface area (Å²) in [5.41, 5.74) is 7.12. The van der Waals surface area contributed by atoms with Gasteiger partial charge in [-0.3, -0.25) is 9.69 Å². The summed E-state index contributed by atoms with van der Waals surface area (Å²) in [4.78, 5) is 15.0. The Morgan fingerprint density at radius 2 is 1.92 bits per heavy atom. The van der Waals surface area contributed by atoms with Gasteiger partial charge in [-0.25, -0.2) is 0 Å². The number of piperidine rings is 1. The van der Waals surface area contributed by atoms with Crippen LogP contribution in [0.25, 0.3) is 10.8 Å². The van der Waals surface area contributed by atoms with Crippen LogP contribution in [0.2, 0.25) is 0 Å². The predicted octanol–water partition coefficient (Wildman–Crippen LogP) is 3.65. The molecule has 1 saturated heterocycles. The number of amides is 1. The third kappa shape index (κ3) is 4.14. The van der Waals surface area contributed by atoms with Gasteiger partial charge in [0.25, 0.3) is 0 Å². The standard InChI is InChI=1S/C20H27N3O.ClH/c1-14(23-12-11-18(21)20(2,3)13-23)19(24)22-17-10-6-8-15-7-4-5-9-16(15)17;/h4-10,14,18H,11-13,21H2,1-3H3,(H,22,24);1H. The van der Waals surface area contributed by atoms with Gasteiger partial charge in [-0.1, -0.05) is 50.2 Å². The van der Waals surface area contributed by atoms with Crippen molar-refractivity contribution in [1.29, 1.82) is 0 Å². The van der Waals surface area contributed by atoms with Gasteiger partial charge >= 0.3 is 0 Å². The lowest BCUT2D eigenvalue weighted by molar-refractivity contribution is -0.122. The highest BCUT2D eigenvalue weighted by Gasteiger charge is 2.36. The number of hydrogen-bond donors (Lipinski definition) is 2. The lowest BCUT2D eigenvalue weighted by Gasteiger charge is -2.44. The summed E-state index contributed by atoms with van der Waals surface area (Å²) in [6.45, 7) is 8.05. The largest absolute Gasteiger partial charge is 0.327 e. The fourth-order valence-corrected chi connectivity index (χ4v) is 3.48. The number of fused-ring (bicyclic) bond motifs is 1. The maximum absolute atomic E-state index is 12.8. The fraction of sp³-hybridized carbons (Fsp3) is 0.450. The summed E-state index contributed by atoms with van der Waals surface area (Å²) in [7, 11) is 0. The summed E-state index contributed by atoms with van der Waals surface area (Å²) in [6, 6.07) is 14.1. The first-order chi connectivity index (χ1) is 11.4. The Morgan fingerprint density at radius 1 is 1.24 bits per heavy atom. The second-order valence-corrected chi connectivity index (χ2v) is 7.55. The number of carbonyl (C=O) groups excluding carboxylic acids is 1. The number of halogens is 1. The molecule has 2 unspecified atom stereocenters. The smallest absolute Gasteiger partial charge is 0.241 e. The molecule has 2 aromatic carbocycles. The first-order valence-corrected chi connectivity index (χ1v) is 8.67. The first kappa shape index (κ1) is 19.7. The van der Waals surface area contributed by atoms with Crippen molar-refractivity contribution >= 4 is 34.8 Å². The molecule has 0 bridgehead atoms. The molecule has 136 valence electrons. The molecule has 4 nitrogen and oxygen atoms in total. The minimum absolute atomic E-state index is 0. The highest BCUT2D eigenvalue weighted by Crippen LogP contribution is 2.29. The van der Waals surface area contributed by atoms with Gasteiger partial charge in [0.15, 0.2) is 0 Å². The Labute approximate surface area is 156 Å². The van der Waals surface area contributed by atoms with Crippen LogP contribution < -0.4 is 11.1 Å². The molecule has 0 aliphatic carbocycles. The minimum Gasteiger partial charge on any atom is -0.327 e. The van der Waals surface area contributed by atoms with E-state index < -0.39 is 0 Å². The van der Waals surface area contributed by atoms with Crippen molar-refractivity contribution in [2.24, 2.45) is 11.1 Å². The van der Waals surface area contributed by atoms with Crippen molar-refractivity contribution in [3.63, 3.8) is 0 Å². The number of nitrogens with two attached hydrogens (primary N) is 1. The van der Waals surface area contributed by atoms with E-state index in [-0.39, 0.29) is 35.8 Å². The quantitative estimate of drug-likeness (QED) is 0.877. The molecule has 25 heavy (non-hydrogen) atoms. The molecule has 1 heterocycles. The zero-order chi connectivity index (χ0) is 17.3. The third-order valence-electron chi connectivity index (χ3n) is 5.32. The van der Waals surface area contributed by atoms with E-state index in [0.717, 1.165) is 36.0 Å². The van der Waals surface area contributed by atoms with E-state index in [1.165, 1.54) is 0 Å². The van der Waals surface area contributed by atoms with Crippen LogP contribution in [0.4, 0.5) is 5.69 Å². The number of likely N-dealkylation sites (tertiary alicyclic amines) is 1. The van der Waals surface area contributed by atoms with Crippen LogP contribution in [0, 0.1) is 5.41 Å². The summed E-state index contributed by atoms with van der Waals surface area (Å²) in [5.74, 6) is 0.0395. The molecule has 0 aromatic heterocycles. The van der Waals surface area contributed by atoms with Crippen LogP contribution in [0.15, 0.2) is 42.5 Å². The summed E-state index contributed by atoms with van der Waals surface area (Å²) >= 11 is 0. The van der Waals surface area contributed by atoms with Gasteiger partial charge in [-0.15, -0.1) is 12.4 Å². The van der Waals surface area contributed by atoms with E-state index in [0.29, 0.717) is 0 Å². The van der Waals surface area contributed by atoms with E-state index in [4.69, 9.17) is 5.73 Å². The molecular formula is C20H28ClN3O. The average molecular weight is 362 g/mol. The Balaban J connectivity index is 0.00000225. The van der Waals surface area contributed by atoms with E-state index in [9.17, 15) is 4.79 Å². The lowest BCUT2D eigenvalue weighted by atomic mass is 9.79. The number of anilines is 1. The summed E-state index contributed by atoms with van der Waals surface area (Å²) in [5, 5.41) is 5.31. The fourth-order valence-electron chi connectivity index (χ4n) is 3.48. The second-order valence-electron chi connectivity index (χ2n) is 7.55. The molecule has 1 amide bonds. The van der Waals surface area contributed by atoms with E-state index in [2.05, 4.69) is 36.2 Å². The van der Waals surface area contributed by atoms with Crippen LogP contribution in [0.3, 0.4) is 0 Å². The third-order valence-corrected chi connectivity index (χ3v) is 5.32. The molecule has 0 radical (unpaired) electrons. The predicted molar refractivity (Wildman–Crippen MR) is 107 cm³/mol. The zero-order valence-electron chi connectivity index (χ0n) is 15.2. The number of rotatable bonds is 3.